The third-order valence-corrected chi connectivity index (χ3v) is 7.43. The first kappa shape index (κ1) is 30.4. The van der Waals surface area contributed by atoms with Crippen LogP contribution in [0.1, 0.15) is 53.4 Å². The fourth-order valence-electron chi connectivity index (χ4n) is 4.30. The standard InChI is InChI=1S/C34H34N2O5S/c1-23(18-24(2)34(39)40-3)19-28-22-42-33(35-28)30(36-32(38)31(37)27-12-8-5-9-13-27)20-25-14-16-29(17-15-25)41-21-26-10-6-4-7-11-26/h4-19,22,30-31,37H,20-21H2,1-3H3,(H,36,38)/b23-19+,24-18-/t30-,31?/m0/s1. The molecule has 0 aliphatic heterocycles. The van der Waals surface area contributed by atoms with Crippen molar-refractivity contribution in [3.8, 4) is 5.75 Å². The number of aliphatic hydroxyl groups excluding tert-OH is 1. The van der Waals surface area contributed by atoms with Gasteiger partial charge in [0, 0.05) is 11.0 Å². The number of nitrogens with zero attached hydrogens (tertiary/aromatic N) is 1. The Labute approximate surface area is 250 Å². The number of carbonyl (C=O) groups excluding carboxylic acids is 2. The number of amides is 1. The molecule has 0 saturated carbocycles. The number of hydrogen-bond donors (Lipinski definition) is 2. The predicted octanol–water partition coefficient (Wildman–Crippen LogP) is 6.38. The molecule has 2 N–H and O–H groups in total. The lowest BCUT2D eigenvalue weighted by atomic mass is 10.0. The first-order valence-corrected chi connectivity index (χ1v) is 14.4. The molecule has 42 heavy (non-hydrogen) atoms. The van der Waals surface area contributed by atoms with E-state index in [9.17, 15) is 14.7 Å². The Morgan fingerprint density at radius 3 is 2.29 bits per heavy atom. The molecule has 0 radical (unpaired) electrons. The van der Waals surface area contributed by atoms with Gasteiger partial charge in [-0.15, -0.1) is 11.3 Å². The van der Waals surface area contributed by atoms with Crippen molar-refractivity contribution in [3.05, 3.63) is 135 Å². The molecule has 1 amide bonds. The van der Waals surface area contributed by atoms with Crippen molar-refractivity contribution >= 4 is 29.3 Å². The zero-order valence-corrected chi connectivity index (χ0v) is 24.6. The molecule has 1 aromatic heterocycles. The zero-order valence-electron chi connectivity index (χ0n) is 23.8. The van der Waals surface area contributed by atoms with Crippen LogP contribution in [0.3, 0.4) is 0 Å². The minimum atomic E-state index is -1.31. The highest BCUT2D eigenvalue weighted by Crippen LogP contribution is 2.26. The molecule has 0 saturated heterocycles. The fourth-order valence-corrected chi connectivity index (χ4v) is 5.13. The molecular formula is C34H34N2O5S. The number of nitrogens with one attached hydrogen (secondary N) is 1. The second-order valence-electron chi connectivity index (χ2n) is 9.81. The summed E-state index contributed by atoms with van der Waals surface area (Å²) in [5.74, 6) is -0.151. The Kier molecular flexibility index (Phi) is 10.8. The molecule has 216 valence electrons. The lowest BCUT2D eigenvalue weighted by Crippen LogP contribution is -2.34. The number of ether oxygens (including phenoxy) is 2. The number of esters is 1. The molecule has 0 aliphatic rings. The normalized spacial score (nSPS) is 13.2. The Bertz CT molecular complexity index is 1530. The monoisotopic (exact) mass is 582 g/mol. The van der Waals surface area contributed by atoms with E-state index in [4.69, 9.17) is 14.5 Å². The van der Waals surface area contributed by atoms with E-state index < -0.39 is 24.0 Å². The molecule has 1 unspecified atom stereocenters. The van der Waals surface area contributed by atoms with Crippen molar-refractivity contribution in [2.24, 2.45) is 0 Å². The van der Waals surface area contributed by atoms with Crippen LogP contribution in [0.15, 0.2) is 108 Å². The highest BCUT2D eigenvalue weighted by molar-refractivity contribution is 7.09. The summed E-state index contributed by atoms with van der Waals surface area (Å²) in [6.07, 6.45) is 2.75. The number of aliphatic hydroxyl groups is 1. The second-order valence-corrected chi connectivity index (χ2v) is 10.7. The maximum Gasteiger partial charge on any atom is 0.333 e. The van der Waals surface area contributed by atoms with Gasteiger partial charge in [0.25, 0.3) is 5.91 Å². The van der Waals surface area contributed by atoms with Crippen LogP contribution in [-0.2, 0) is 27.4 Å². The third kappa shape index (κ3) is 8.73. The number of aromatic nitrogens is 1. The second kappa shape index (κ2) is 14.9. The molecule has 2 atom stereocenters. The van der Waals surface area contributed by atoms with Crippen molar-refractivity contribution in [1.29, 1.82) is 0 Å². The van der Waals surface area contributed by atoms with Crippen LogP contribution >= 0.6 is 11.3 Å². The maximum absolute atomic E-state index is 13.1. The third-order valence-electron chi connectivity index (χ3n) is 6.46. The van der Waals surface area contributed by atoms with E-state index in [0.717, 1.165) is 22.4 Å². The van der Waals surface area contributed by atoms with Crippen molar-refractivity contribution in [2.45, 2.75) is 39.0 Å². The van der Waals surface area contributed by atoms with Gasteiger partial charge in [0.2, 0.25) is 0 Å². The van der Waals surface area contributed by atoms with Crippen LogP contribution in [0.4, 0.5) is 0 Å². The van der Waals surface area contributed by atoms with Crippen LogP contribution in [0, 0.1) is 0 Å². The average molecular weight is 583 g/mol. The minimum absolute atomic E-state index is 0.391. The Hall–Kier alpha value is -4.53. The van der Waals surface area contributed by atoms with E-state index in [0.29, 0.717) is 34.9 Å². The number of allylic oxidation sites excluding steroid dienone is 2. The van der Waals surface area contributed by atoms with Crippen LogP contribution in [0.2, 0.25) is 0 Å². The van der Waals surface area contributed by atoms with Crippen LogP contribution < -0.4 is 10.1 Å². The molecule has 4 rings (SSSR count). The molecule has 3 aromatic carbocycles. The van der Waals surface area contributed by atoms with Crippen molar-refractivity contribution < 1.29 is 24.2 Å². The summed E-state index contributed by atoms with van der Waals surface area (Å²) in [6, 6.07) is 26.0. The fraction of sp³-hybridized carbons (Fsp3) is 0.206. The van der Waals surface area contributed by atoms with E-state index in [-0.39, 0.29) is 0 Å². The van der Waals surface area contributed by atoms with Gasteiger partial charge < -0.3 is 19.9 Å². The molecular weight excluding hydrogens is 548 g/mol. The smallest absolute Gasteiger partial charge is 0.333 e. The summed E-state index contributed by atoms with van der Waals surface area (Å²) in [7, 11) is 1.35. The van der Waals surface area contributed by atoms with Crippen molar-refractivity contribution in [2.75, 3.05) is 7.11 Å². The van der Waals surface area contributed by atoms with Crippen LogP contribution in [-0.4, -0.2) is 29.1 Å². The Morgan fingerprint density at radius 2 is 1.62 bits per heavy atom. The number of carbonyl (C=O) groups is 2. The molecule has 4 aromatic rings. The van der Waals surface area contributed by atoms with Crippen molar-refractivity contribution in [3.63, 3.8) is 0 Å². The Balaban J connectivity index is 1.52. The van der Waals surface area contributed by atoms with Gasteiger partial charge in [-0.1, -0.05) is 72.8 Å². The highest BCUT2D eigenvalue weighted by Gasteiger charge is 2.24. The predicted molar refractivity (Wildman–Crippen MR) is 165 cm³/mol. The molecule has 8 heteroatoms. The lowest BCUT2D eigenvalue weighted by Gasteiger charge is -2.19. The van der Waals surface area contributed by atoms with Gasteiger partial charge in [0.1, 0.15) is 17.4 Å². The zero-order chi connectivity index (χ0) is 29.9. The molecule has 0 spiro atoms. The topological polar surface area (TPSA) is 97.8 Å². The average Bonchev–Trinajstić information content (AvgIpc) is 3.48. The van der Waals surface area contributed by atoms with E-state index in [1.54, 1.807) is 37.3 Å². The van der Waals surface area contributed by atoms with E-state index in [1.807, 2.05) is 79.0 Å². The van der Waals surface area contributed by atoms with Gasteiger partial charge in [-0.3, -0.25) is 4.79 Å². The molecule has 0 fully saturated rings. The summed E-state index contributed by atoms with van der Waals surface area (Å²) in [6.45, 7) is 4.04. The summed E-state index contributed by atoms with van der Waals surface area (Å²) >= 11 is 1.42. The van der Waals surface area contributed by atoms with Gasteiger partial charge in [-0.05, 0) is 66.8 Å². The summed E-state index contributed by atoms with van der Waals surface area (Å²) in [4.78, 5) is 29.6. The molecule has 0 bridgehead atoms. The Morgan fingerprint density at radius 1 is 0.952 bits per heavy atom. The number of benzene rings is 3. The van der Waals surface area contributed by atoms with E-state index in [1.165, 1.54) is 18.4 Å². The minimum Gasteiger partial charge on any atom is -0.489 e. The number of hydrogen-bond acceptors (Lipinski definition) is 7. The number of methoxy groups -OCH3 is 1. The van der Waals surface area contributed by atoms with Gasteiger partial charge in [-0.25, -0.2) is 9.78 Å². The quantitative estimate of drug-likeness (QED) is 0.114. The lowest BCUT2D eigenvalue weighted by molar-refractivity contribution is -0.136. The molecule has 1 heterocycles. The number of thiazole rings is 1. The maximum atomic E-state index is 13.1. The first-order valence-electron chi connectivity index (χ1n) is 13.5. The van der Waals surface area contributed by atoms with Gasteiger partial charge >= 0.3 is 5.97 Å². The van der Waals surface area contributed by atoms with E-state index >= 15 is 0 Å². The van der Waals surface area contributed by atoms with Crippen LogP contribution in [0.5, 0.6) is 5.75 Å². The molecule has 0 aliphatic carbocycles. The van der Waals surface area contributed by atoms with Gasteiger partial charge in [0.05, 0.1) is 18.8 Å². The summed E-state index contributed by atoms with van der Waals surface area (Å²) < 4.78 is 10.7. The number of rotatable bonds is 12. The first-order chi connectivity index (χ1) is 20.3. The summed E-state index contributed by atoms with van der Waals surface area (Å²) in [5, 5.41) is 16.3. The summed E-state index contributed by atoms with van der Waals surface area (Å²) in [5.41, 5.74) is 4.59. The van der Waals surface area contributed by atoms with Crippen LogP contribution in [0.25, 0.3) is 6.08 Å². The largest absolute Gasteiger partial charge is 0.489 e. The van der Waals surface area contributed by atoms with Crippen molar-refractivity contribution in [1.82, 2.24) is 10.3 Å². The van der Waals surface area contributed by atoms with Gasteiger partial charge in [0.15, 0.2) is 6.10 Å². The highest BCUT2D eigenvalue weighted by atomic mass is 32.1. The van der Waals surface area contributed by atoms with E-state index in [2.05, 4.69) is 5.32 Å². The SMILES string of the molecule is COC(=O)/C(C)=C\C(C)=C\c1csc([C@H](Cc2ccc(OCc3ccccc3)cc2)NC(=O)C(O)c2ccccc2)n1. The van der Waals surface area contributed by atoms with Gasteiger partial charge in [-0.2, -0.15) is 0 Å². The molecule has 7 nitrogen and oxygen atoms in total.